The fourth-order valence-corrected chi connectivity index (χ4v) is 2.11. The Balaban J connectivity index is 1.87. The molecular formula is C14H10ClN3O3. The van der Waals surface area contributed by atoms with E-state index in [4.69, 9.17) is 20.8 Å². The summed E-state index contributed by atoms with van der Waals surface area (Å²) in [6.07, 6.45) is 0. The number of nitrogens with zero attached hydrogens (tertiary/aromatic N) is 3. The molecule has 2 aromatic heterocycles. The number of rotatable bonds is 3. The van der Waals surface area contributed by atoms with E-state index in [-0.39, 0.29) is 17.7 Å². The number of aryl methyl sites for hydroxylation is 1. The summed E-state index contributed by atoms with van der Waals surface area (Å²) >= 11 is 5.93. The van der Waals surface area contributed by atoms with Gasteiger partial charge in [0.25, 0.3) is 5.89 Å². The molecule has 7 heteroatoms. The second kappa shape index (κ2) is 5.49. The van der Waals surface area contributed by atoms with Crippen molar-refractivity contribution in [1.82, 2.24) is 15.2 Å². The first-order chi connectivity index (χ1) is 10.1. The van der Waals surface area contributed by atoms with E-state index in [0.29, 0.717) is 22.4 Å². The van der Waals surface area contributed by atoms with Crippen LogP contribution in [0.3, 0.4) is 0 Å². The number of benzene rings is 1. The topological polar surface area (TPSA) is 78.1 Å². The SMILES string of the molecule is Cc1nnc(COC(=O)c2cc(Cl)nc3ccccc23)o1. The van der Waals surface area contributed by atoms with Gasteiger partial charge in [0.1, 0.15) is 5.15 Å². The van der Waals surface area contributed by atoms with Crippen molar-refractivity contribution >= 4 is 28.5 Å². The monoisotopic (exact) mass is 303 g/mol. The van der Waals surface area contributed by atoms with Crippen LogP contribution < -0.4 is 0 Å². The molecule has 0 aliphatic heterocycles. The molecule has 0 aliphatic rings. The summed E-state index contributed by atoms with van der Waals surface area (Å²) in [5.74, 6) is 0.134. The number of carbonyl (C=O) groups is 1. The molecular weight excluding hydrogens is 294 g/mol. The van der Waals surface area contributed by atoms with Gasteiger partial charge in [0.2, 0.25) is 5.89 Å². The van der Waals surface area contributed by atoms with E-state index < -0.39 is 5.97 Å². The number of esters is 1. The van der Waals surface area contributed by atoms with Crippen LogP contribution in [0.2, 0.25) is 5.15 Å². The maximum atomic E-state index is 12.2. The molecule has 0 spiro atoms. The maximum Gasteiger partial charge on any atom is 0.339 e. The average molecular weight is 304 g/mol. The summed E-state index contributed by atoms with van der Waals surface area (Å²) in [7, 11) is 0. The van der Waals surface area contributed by atoms with Crippen LogP contribution in [-0.2, 0) is 11.3 Å². The molecule has 106 valence electrons. The van der Waals surface area contributed by atoms with Gasteiger partial charge in [-0.25, -0.2) is 9.78 Å². The van der Waals surface area contributed by atoms with Crippen molar-refractivity contribution in [3.63, 3.8) is 0 Å². The van der Waals surface area contributed by atoms with E-state index in [9.17, 15) is 4.79 Å². The molecule has 0 N–H and O–H groups in total. The van der Waals surface area contributed by atoms with Gasteiger partial charge >= 0.3 is 5.97 Å². The van der Waals surface area contributed by atoms with Crippen molar-refractivity contribution in [3.05, 3.63) is 52.8 Å². The highest BCUT2D eigenvalue weighted by Gasteiger charge is 2.15. The van der Waals surface area contributed by atoms with Crippen molar-refractivity contribution in [3.8, 4) is 0 Å². The molecule has 0 aliphatic carbocycles. The minimum Gasteiger partial charge on any atom is -0.452 e. The number of pyridine rings is 1. The maximum absolute atomic E-state index is 12.2. The van der Waals surface area contributed by atoms with Gasteiger partial charge in [-0.15, -0.1) is 10.2 Å². The Labute approximate surface area is 124 Å². The van der Waals surface area contributed by atoms with Crippen LogP contribution >= 0.6 is 11.6 Å². The van der Waals surface area contributed by atoms with Crippen molar-refractivity contribution < 1.29 is 13.9 Å². The second-order valence-corrected chi connectivity index (χ2v) is 4.69. The highest BCUT2D eigenvalue weighted by atomic mass is 35.5. The van der Waals surface area contributed by atoms with E-state index in [1.165, 1.54) is 6.07 Å². The smallest absolute Gasteiger partial charge is 0.339 e. The van der Waals surface area contributed by atoms with Crippen molar-refractivity contribution in [2.45, 2.75) is 13.5 Å². The van der Waals surface area contributed by atoms with Crippen molar-refractivity contribution in [2.75, 3.05) is 0 Å². The lowest BCUT2D eigenvalue weighted by atomic mass is 10.1. The number of hydrogen-bond acceptors (Lipinski definition) is 6. The Bertz CT molecular complexity index is 816. The predicted octanol–water partition coefficient (Wildman–Crippen LogP) is 2.94. The van der Waals surface area contributed by atoms with Crippen LogP contribution in [0, 0.1) is 6.92 Å². The van der Waals surface area contributed by atoms with Crippen molar-refractivity contribution in [1.29, 1.82) is 0 Å². The molecule has 2 heterocycles. The summed E-state index contributed by atoms with van der Waals surface area (Å²) < 4.78 is 10.3. The molecule has 0 saturated carbocycles. The van der Waals surface area contributed by atoms with Gasteiger partial charge < -0.3 is 9.15 Å². The number of carbonyl (C=O) groups excluding carboxylic acids is 1. The Morgan fingerprint density at radius 2 is 2.14 bits per heavy atom. The molecule has 3 rings (SSSR count). The lowest BCUT2D eigenvalue weighted by Crippen LogP contribution is -2.07. The third-order valence-corrected chi connectivity index (χ3v) is 2.99. The molecule has 0 saturated heterocycles. The summed E-state index contributed by atoms with van der Waals surface area (Å²) in [5, 5.41) is 8.33. The molecule has 0 radical (unpaired) electrons. The number of ether oxygens (including phenoxy) is 1. The summed E-state index contributed by atoms with van der Waals surface area (Å²) in [4.78, 5) is 16.3. The molecule has 21 heavy (non-hydrogen) atoms. The first-order valence-electron chi connectivity index (χ1n) is 6.15. The van der Waals surface area contributed by atoms with Gasteiger partial charge in [0.15, 0.2) is 6.61 Å². The molecule has 0 unspecified atom stereocenters. The number of fused-ring (bicyclic) bond motifs is 1. The van der Waals surface area contributed by atoms with Crippen LogP contribution in [0.5, 0.6) is 0 Å². The number of aromatic nitrogens is 3. The van der Waals surface area contributed by atoms with Crippen LogP contribution in [0.4, 0.5) is 0 Å². The van der Waals surface area contributed by atoms with E-state index in [1.54, 1.807) is 19.1 Å². The standard InChI is InChI=1S/C14H10ClN3O3/c1-8-17-18-13(21-8)7-20-14(19)10-6-12(15)16-11-5-3-2-4-9(10)11/h2-6H,7H2,1H3. The summed E-state index contributed by atoms with van der Waals surface area (Å²) in [6.45, 7) is 1.57. The van der Waals surface area contributed by atoms with E-state index in [1.807, 2.05) is 12.1 Å². The molecule has 0 amide bonds. The van der Waals surface area contributed by atoms with Gasteiger partial charge in [0.05, 0.1) is 11.1 Å². The number of hydrogen-bond donors (Lipinski definition) is 0. The third kappa shape index (κ3) is 2.85. The third-order valence-electron chi connectivity index (χ3n) is 2.80. The Hall–Kier alpha value is -2.47. The van der Waals surface area contributed by atoms with Gasteiger partial charge in [-0.2, -0.15) is 0 Å². The van der Waals surface area contributed by atoms with E-state index in [2.05, 4.69) is 15.2 Å². The molecule has 6 nitrogen and oxygen atoms in total. The van der Waals surface area contributed by atoms with Crippen LogP contribution in [-0.4, -0.2) is 21.2 Å². The zero-order chi connectivity index (χ0) is 14.8. The van der Waals surface area contributed by atoms with Gasteiger partial charge in [0, 0.05) is 12.3 Å². The van der Waals surface area contributed by atoms with Crippen LogP contribution in [0.1, 0.15) is 22.1 Å². The fourth-order valence-electron chi connectivity index (χ4n) is 1.91. The largest absolute Gasteiger partial charge is 0.452 e. The first kappa shape index (κ1) is 13.5. The Morgan fingerprint density at radius 3 is 2.90 bits per heavy atom. The molecule has 1 aromatic carbocycles. The normalized spacial score (nSPS) is 10.8. The summed E-state index contributed by atoms with van der Waals surface area (Å²) in [6, 6.07) is 8.68. The minimum absolute atomic E-state index is 0.0893. The molecule has 3 aromatic rings. The zero-order valence-corrected chi connectivity index (χ0v) is 11.8. The van der Waals surface area contributed by atoms with E-state index in [0.717, 1.165) is 0 Å². The van der Waals surface area contributed by atoms with Crippen LogP contribution in [0.25, 0.3) is 10.9 Å². The fraction of sp³-hybridized carbons (Fsp3) is 0.143. The van der Waals surface area contributed by atoms with Crippen molar-refractivity contribution in [2.24, 2.45) is 0 Å². The average Bonchev–Trinajstić information content (AvgIpc) is 2.89. The van der Waals surface area contributed by atoms with E-state index >= 15 is 0 Å². The first-order valence-corrected chi connectivity index (χ1v) is 6.52. The Kier molecular flexibility index (Phi) is 3.53. The summed E-state index contributed by atoms with van der Waals surface area (Å²) in [5.41, 5.74) is 0.979. The number of halogens is 1. The van der Waals surface area contributed by atoms with Gasteiger partial charge in [-0.3, -0.25) is 0 Å². The van der Waals surface area contributed by atoms with Crippen LogP contribution in [0.15, 0.2) is 34.7 Å². The zero-order valence-electron chi connectivity index (χ0n) is 11.0. The number of para-hydroxylation sites is 1. The van der Waals surface area contributed by atoms with Gasteiger partial charge in [-0.05, 0) is 12.1 Å². The second-order valence-electron chi connectivity index (χ2n) is 4.30. The lowest BCUT2D eigenvalue weighted by Gasteiger charge is -2.06. The highest BCUT2D eigenvalue weighted by molar-refractivity contribution is 6.30. The minimum atomic E-state index is -0.522. The Morgan fingerprint density at radius 1 is 1.33 bits per heavy atom. The molecule has 0 atom stereocenters. The molecule has 0 bridgehead atoms. The highest BCUT2D eigenvalue weighted by Crippen LogP contribution is 2.21. The molecule has 0 fully saturated rings. The predicted molar refractivity (Wildman–Crippen MR) is 74.9 cm³/mol. The van der Waals surface area contributed by atoms with Gasteiger partial charge in [-0.1, -0.05) is 29.8 Å². The lowest BCUT2D eigenvalue weighted by molar-refractivity contribution is 0.0439. The quantitative estimate of drug-likeness (QED) is 0.547.